The van der Waals surface area contributed by atoms with Gasteiger partial charge in [0.05, 0.1) is 6.10 Å². The zero-order valence-electron chi connectivity index (χ0n) is 8.43. The minimum atomic E-state index is -0.115. The van der Waals surface area contributed by atoms with E-state index in [1.165, 1.54) is 6.42 Å². The lowest BCUT2D eigenvalue weighted by atomic mass is 9.99. The Morgan fingerprint density at radius 3 is 2.50 bits per heavy atom. The highest BCUT2D eigenvalue weighted by Gasteiger charge is 2.29. The third-order valence-corrected chi connectivity index (χ3v) is 2.94. The van der Waals surface area contributed by atoms with Crippen molar-refractivity contribution in [3.63, 3.8) is 0 Å². The van der Waals surface area contributed by atoms with Crippen LogP contribution in [0.25, 0.3) is 0 Å². The summed E-state index contributed by atoms with van der Waals surface area (Å²) in [5.41, 5.74) is 0.177. The quantitative estimate of drug-likeness (QED) is 0.677. The molecule has 0 bridgehead atoms. The molecule has 0 aromatic rings. The number of nitrogens with one attached hydrogen (secondary N) is 1. The van der Waals surface area contributed by atoms with Crippen molar-refractivity contribution in [2.24, 2.45) is 0 Å². The first-order valence-electron chi connectivity index (χ1n) is 5.01. The standard InChI is InChI=1S/C10H21NO/c1-4-10(2,3)11-8-6-5-7-9(8)12/h8-9,11-12H,4-7H2,1-3H3. The fraction of sp³-hybridized carbons (Fsp3) is 1.00. The van der Waals surface area contributed by atoms with Gasteiger partial charge in [-0.3, -0.25) is 0 Å². The van der Waals surface area contributed by atoms with E-state index in [0.29, 0.717) is 6.04 Å². The van der Waals surface area contributed by atoms with Gasteiger partial charge in [0.1, 0.15) is 0 Å². The lowest BCUT2D eigenvalue weighted by Gasteiger charge is -2.30. The molecule has 1 aliphatic rings. The normalized spacial score (nSPS) is 31.0. The summed E-state index contributed by atoms with van der Waals surface area (Å²) < 4.78 is 0. The highest BCUT2D eigenvalue weighted by atomic mass is 16.3. The van der Waals surface area contributed by atoms with Gasteiger partial charge >= 0.3 is 0 Å². The van der Waals surface area contributed by atoms with Crippen LogP contribution in [0.15, 0.2) is 0 Å². The molecular weight excluding hydrogens is 150 g/mol. The number of aliphatic hydroxyl groups is 1. The van der Waals surface area contributed by atoms with E-state index in [1.54, 1.807) is 0 Å². The van der Waals surface area contributed by atoms with E-state index in [1.807, 2.05) is 0 Å². The monoisotopic (exact) mass is 171 g/mol. The van der Waals surface area contributed by atoms with Crippen LogP contribution in [-0.2, 0) is 0 Å². The van der Waals surface area contributed by atoms with Crippen molar-refractivity contribution in [2.75, 3.05) is 0 Å². The average molecular weight is 171 g/mol. The molecule has 0 spiro atoms. The highest BCUT2D eigenvalue weighted by molar-refractivity contribution is 4.88. The number of hydrogen-bond donors (Lipinski definition) is 2. The summed E-state index contributed by atoms with van der Waals surface area (Å²) >= 11 is 0. The lowest BCUT2D eigenvalue weighted by molar-refractivity contribution is 0.131. The van der Waals surface area contributed by atoms with Gasteiger partial charge in [-0.2, -0.15) is 0 Å². The van der Waals surface area contributed by atoms with E-state index in [9.17, 15) is 5.11 Å². The first-order chi connectivity index (χ1) is 5.55. The van der Waals surface area contributed by atoms with E-state index in [-0.39, 0.29) is 11.6 Å². The molecule has 1 saturated carbocycles. The Hall–Kier alpha value is -0.0800. The summed E-state index contributed by atoms with van der Waals surface area (Å²) in [6, 6.07) is 0.333. The summed E-state index contributed by atoms with van der Waals surface area (Å²) in [6.45, 7) is 6.56. The molecule has 2 heteroatoms. The molecule has 2 atom stereocenters. The van der Waals surface area contributed by atoms with E-state index in [0.717, 1.165) is 19.3 Å². The molecule has 1 aliphatic carbocycles. The van der Waals surface area contributed by atoms with Crippen molar-refractivity contribution >= 4 is 0 Å². The zero-order valence-corrected chi connectivity index (χ0v) is 8.43. The predicted octanol–water partition coefficient (Wildman–Crippen LogP) is 1.68. The first-order valence-corrected chi connectivity index (χ1v) is 5.01. The van der Waals surface area contributed by atoms with Gasteiger partial charge in [-0.25, -0.2) is 0 Å². The van der Waals surface area contributed by atoms with Crippen molar-refractivity contribution in [3.05, 3.63) is 0 Å². The molecule has 72 valence electrons. The maximum Gasteiger partial charge on any atom is 0.0693 e. The second-order valence-corrected chi connectivity index (χ2v) is 4.49. The smallest absolute Gasteiger partial charge is 0.0693 e. The van der Waals surface area contributed by atoms with Crippen LogP contribution in [0.2, 0.25) is 0 Å². The van der Waals surface area contributed by atoms with Crippen LogP contribution in [0.5, 0.6) is 0 Å². The van der Waals surface area contributed by atoms with Crippen molar-refractivity contribution < 1.29 is 5.11 Å². The summed E-state index contributed by atoms with van der Waals surface area (Å²) in [6.07, 6.45) is 4.26. The molecule has 2 nitrogen and oxygen atoms in total. The number of aliphatic hydroxyl groups excluding tert-OH is 1. The van der Waals surface area contributed by atoms with Crippen LogP contribution >= 0.6 is 0 Å². The third kappa shape index (κ3) is 2.46. The molecule has 1 fully saturated rings. The summed E-state index contributed by atoms with van der Waals surface area (Å²) in [4.78, 5) is 0. The molecule has 0 radical (unpaired) electrons. The Balaban J connectivity index is 2.39. The molecule has 0 aromatic heterocycles. The van der Waals surface area contributed by atoms with Gasteiger partial charge in [0.2, 0.25) is 0 Å². The van der Waals surface area contributed by atoms with E-state index in [2.05, 4.69) is 26.1 Å². The highest BCUT2D eigenvalue weighted by Crippen LogP contribution is 2.22. The van der Waals surface area contributed by atoms with Crippen LogP contribution < -0.4 is 5.32 Å². The van der Waals surface area contributed by atoms with Crippen molar-refractivity contribution in [3.8, 4) is 0 Å². The Bertz CT molecular complexity index is 145. The van der Waals surface area contributed by atoms with Crippen molar-refractivity contribution in [1.82, 2.24) is 5.32 Å². The molecule has 2 N–H and O–H groups in total. The van der Waals surface area contributed by atoms with Gasteiger partial charge in [-0.05, 0) is 39.5 Å². The molecule has 12 heavy (non-hydrogen) atoms. The molecule has 0 amide bonds. The predicted molar refractivity (Wildman–Crippen MR) is 51.2 cm³/mol. The van der Waals surface area contributed by atoms with Gasteiger partial charge in [0.15, 0.2) is 0 Å². The van der Waals surface area contributed by atoms with E-state index < -0.39 is 0 Å². The number of rotatable bonds is 3. The van der Waals surface area contributed by atoms with Crippen LogP contribution in [0.3, 0.4) is 0 Å². The second-order valence-electron chi connectivity index (χ2n) is 4.49. The third-order valence-electron chi connectivity index (χ3n) is 2.94. The topological polar surface area (TPSA) is 32.3 Å². The maximum absolute atomic E-state index is 9.59. The van der Waals surface area contributed by atoms with Gasteiger partial charge in [-0.1, -0.05) is 6.92 Å². The molecule has 0 heterocycles. The Kier molecular flexibility index (Phi) is 3.13. The summed E-state index contributed by atoms with van der Waals surface area (Å²) in [7, 11) is 0. The van der Waals surface area contributed by atoms with Crippen molar-refractivity contribution in [2.45, 2.75) is 64.1 Å². The Morgan fingerprint density at radius 1 is 1.42 bits per heavy atom. The van der Waals surface area contributed by atoms with Crippen LogP contribution in [0, 0.1) is 0 Å². The SMILES string of the molecule is CCC(C)(C)NC1CCCC1O. The van der Waals surface area contributed by atoms with Gasteiger partial charge < -0.3 is 10.4 Å². The second kappa shape index (κ2) is 3.75. The summed E-state index contributed by atoms with van der Waals surface area (Å²) in [5.74, 6) is 0. The molecule has 0 saturated heterocycles. The summed E-state index contributed by atoms with van der Waals surface area (Å²) in [5, 5.41) is 13.1. The van der Waals surface area contributed by atoms with Crippen molar-refractivity contribution in [1.29, 1.82) is 0 Å². The Labute approximate surface area is 75.4 Å². The van der Waals surface area contributed by atoms with Crippen LogP contribution in [0.4, 0.5) is 0 Å². The van der Waals surface area contributed by atoms with Crippen LogP contribution in [-0.4, -0.2) is 22.8 Å². The number of hydrogen-bond acceptors (Lipinski definition) is 2. The van der Waals surface area contributed by atoms with E-state index >= 15 is 0 Å². The van der Waals surface area contributed by atoms with Crippen LogP contribution in [0.1, 0.15) is 46.5 Å². The minimum absolute atomic E-state index is 0.115. The molecular formula is C10H21NO. The molecule has 1 rings (SSSR count). The largest absolute Gasteiger partial charge is 0.392 e. The molecule has 0 aromatic carbocycles. The fourth-order valence-electron chi connectivity index (χ4n) is 1.71. The van der Waals surface area contributed by atoms with E-state index in [4.69, 9.17) is 0 Å². The lowest BCUT2D eigenvalue weighted by Crippen LogP contribution is -2.48. The van der Waals surface area contributed by atoms with Gasteiger partial charge in [0, 0.05) is 11.6 Å². The first kappa shape index (κ1) is 10.0. The van der Waals surface area contributed by atoms with Gasteiger partial charge in [-0.15, -0.1) is 0 Å². The fourth-order valence-corrected chi connectivity index (χ4v) is 1.71. The average Bonchev–Trinajstić information content (AvgIpc) is 2.36. The molecule has 2 unspecified atom stereocenters. The van der Waals surface area contributed by atoms with Gasteiger partial charge in [0.25, 0.3) is 0 Å². The Morgan fingerprint density at radius 2 is 2.08 bits per heavy atom. The maximum atomic E-state index is 9.59. The molecule has 0 aliphatic heterocycles. The minimum Gasteiger partial charge on any atom is -0.392 e. The zero-order chi connectivity index (χ0) is 9.19.